The molecule has 0 N–H and O–H groups in total. The lowest BCUT2D eigenvalue weighted by Gasteiger charge is -2.19. The second-order valence-corrected chi connectivity index (χ2v) is 12.9. The standard InChI is InChI=1S/C48H32N2/c1-3-15-33(16-4-1)38-23-13-24-39(34-17-5-2-6-18-34)48(38)50-45-27-12-9-21-42(45)47-37(22-14-28-46(47)50)35-29-31-36(32-30-35)49-43-25-10-7-19-40(43)41-20-8-11-26-44(41)49/h1-32H. The van der Waals surface area contributed by atoms with Gasteiger partial charge in [0.25, 0.3) is 0 Å². The molecule has 50 heavy (non-hydrogen) atoms. The van der Waals surface area contributed by atoms with Gasteiger partial charge >= 0.3 is 0 Å². The number of hydrogen-bond donors (Lipinski definition) is 0. The average molecular weight is 637 g/mol. The summed E-state index contributed by atoms with van der Waals surface area (Å²) in [4.78, 5) is 0. The fraction of sp³-hybridized carbons (Fsp3) is 0. The summed E-state index contributed by atoms with van der Waals surface area (Å²) >= 11 is 0. The molecule has 0 bridgehead atoms. The molecule has 10 rings (SSSR count). The first kappa shape index (κ1) is 28.4. The van der Waals surface area contributed by atoms with Crippen LogP contribution in [0.2, 0.25) is 0 Å². The van der Waals surface area contributed by atoms with Crippen LogP contribution in [-0.4, -0.2) is 9.13 Å². The van der Waals surface area contributed by atoms with Gasteiger partial charge in [-0.1, -0.05) is 158 Å². The summed E-state index contributed by atoms with van der Waals surface area (Å²) in [5.41, 5.74) is 14.4. The monoisotopic (exact) mass is 636 g/mol. The van der Waals surface area contributed by atoms with Gasteiger partial charge in [-0.25, -0.2) is 0 Å². The van der Waals surface area contributed by atoms with Crippen molar-refractivity contribution in [1.29, 1.82) is 0 Å². The molecule has 234 valence electrons. The highest BCUT2D eigenvalue weighted by Gasteiger charge is 2.21. The van der Waals surface area contributed by atoms with Crippen molar-refractivity contribution in [1.82, 2.24) is 9.13 Å². The summed E-state index contributed by atoms with van der Waals surface area (Å²) in [6.07, 6.45) is 0. The van der Waals surface area contributed by atoms with Crippen LogP contribution in [0.4, 0.5) is 0 Å². The SMILES string of the molecule is c1ccc(-c2cccc(-c3ccccc3)c2-n2c3ccccc3c3c(-c4ccc(-n5c6ccccc6c6ccccc65)cc4)cccc32)cc1. The van der Waals surface area contributed by atoms with E-state index >= 15 is 0 Å². The summed E-state index contributed by atoms with van der Waals surface area (Å²) in [7, 11) is 0. The second-order valence-electron chi connectivity index (χ2n) is 12.9. The van der Waals surface area contributed by atoms with Crippen molar-refractivity contribution < 1.29 is 0 Å². The van der Waals surface area contributed by atoms with Gasteiger partial charge in [0.2, 0.25) is 0 Å². The Morgan fingerprint density at radius 2 is 0.680 bits per heavy atom. The summed E-state index contributed by atoms with van der Waals surface area (Å²) in [6.45, 7) is 0. The molecule has 0 aliphatic carbocycles. The predicted molar refractivity (Wildman–Crippen MR) is 211 cm³/mol. The lowest BCUT2D eigenvalue weighted by molar-refractivity contribution is 1.18. The van der Waals surface area contributed by atoms with Crippen molar-refractivity contribution in [3.63, 3.8) is 0 Å². The van der Waals surface area contributed by atoms with Crippen LogP contribution in [0.5, 0.6) is 0 Å². The largest absolute Gasteiger partial charge is 0.309 e. The molecule has 2 aromatic heterocycles. The van der Waals surface area contributed by atoms with Crippen LogP contribution in [0, 0.1) is 0 Å². The van der Waals surface area contributed by atoms with Gasteiger partial charge in [0.1, 0.15) is 0 Å². The van der Waals surface area contributed by atoms with Crippen LogP contribution in [0.3, 0.4) is 0 Å². The van der Waals surface area contributed by atoms with Gasteiger partial charge in [0.15, 0.2) is 0 Å². The number of nitrogens with zero attached hydrogens (tertiary/aromatic N) is 2. The number of hydrogen-bond acceptors (Lipinski definition) is 0. The molecule has 0 amide bonds. The highest BCUT2D eigenvalue weighted by molar-refractivity contribution is 6.16. The lowest BCUT2D eigenvalue weighted by atomic mass is 9.95. The minimum Gasteiger partial charge on any atom is -0.309 e. The minimum atomic E-state index is 1.16. The van der Waals surface area contributed by atoms with E-state index in [1.165, 1.54) is 82.7 Å². The first-order valence-corrected chi connectivity index (χ1v) is 17.2. The highest BCUT2D eigenvalue weighted by Crippen LogP contribution is 2.44. The van der Waals surface area contributed by atoms with Crippen LogP contribution >= 0.6 is 0 Å². The van der Waals surface area contributed by atoms with Crippen LogP contribution in [0.1, 0.15) is 0 Å². The molecule has 8 aromatic carbocycles. The smallest absolute Gasteiger partial charge is 0.0618 e. The van der Waals surface area contributed by atoms with E-state index in [0.29, 0.717) is 0 Å². The molecule has 0 saturated heterocycles. The normalized spacial score (nSPS) is 11.6. The molecule has 2 nitrogen and oxygen atoms in total. The van der Waals surface area contributed by atoms with Gasteiger partial charge < -0.3 is 9.13 Å². The zero-order valence-corrected chi connectivity index (χ0v) is 27.4. The molecule has 2 heterocycles. The highest BCUT2D eigenvalue weighted by atomic mass is 15.0. The maximum Gasteiger partial charge on any atom is 0.0618 e. The van der Waals surface area contributed by atoms with Crippen molar-refractivity contribution in [2.45, 2.75) is 0 Å². The Labute approximate surface area is 290 Å². The van der Waals surface area contributed by atoms with Crippen molar-refractivity contribution in [2.75, 3.05) is 0 Å². The van der Waals surface area contributed by atoms with Gasteiger partial charge in [-0.3, -0.25) is 0 Å². The molecule has 0 spiro atoms. The van der Waals surface area contributed by atoms with E-state index in [2.05, 4.69) is 203 Å². The Bertz CT molecular complexity index is 2730. The van der Waals surface area contributed by atoms with Gasteiger partial charge in [-0.05, 0) is 58.7 Å². The van der Waals surface area contributed by atoms with Crippen LogP contribution in [0.15, 0.2) is 194 Å². The molecule has 0 radical (unpaired) electrons. The third kappa shape index (κ3) is 4.36. The Morgan fingerprint density at radius 1 is 0.260 bits per heavy atom. The van der Waals surface area contributed by atoms with E-state index in [4.69, 9.17) is 0 Å². The summed E-state index contributed by atoms with van der Waals surface area (Å²) in [5, 5.41) is 5.05. The molecule has 10 aromatic rings. The summed E-state index contributed by atoms with van der Waals surface area (Å²) in [5.74, 6) is 0. The fourth-order valence-corrected chi connectivity index (χ4v) is 7.98. The lowest BCUT2D eigenvalue weighted by Crippen LogP contribution is -2.00. The maximum atomic E-state index is 2.49. The fourth-order valence-electron chi connectivity index (χ4n) is 7.98. The topological polar surface area (TPSA) is 9.86 Å². The van der Waals surface area contributed by atoms with Crippen LogP contribution < -0.4 is 0 Å². The molecule has 0 aliphatic heterocycles. The number of aromatic nitrogens is 2. The van der Waals surface area contributed by atoms with E-state index in [1.54, 1.807) is 0 Å². The summed E-state index contributed by atoms with van der Waals surface area (Å²) < 4.78 is 4.87. The molecular formula is C48H32N2. The van der Waals surface area contributed by atoms with Gasteiger partial charge in [-0.2, -0.15) is 0 Å². The third-order valence-electron chi connectivity index (χ3n) is 10.1. The molecular weight excluding hydrogens is 605 g/mol. The van der Waals surface area contributed by atoms with E-state index < -0.39 is 0 Å². The zero-order chi connectivity index (χ0) is 33.0. The molecule has 0 saturated carbocycles. The Balaban J connectivity index is 1.21. The van der Waals surface area contributed by atoms with Gasteiger partial charge in [-0.15, -0.1) is 0 Å². The zero-order valence-electron chi connectivity index (χ0n) is 27.4. The van der Waals surface area contributed by atoms with E-state index in [-0.39, 0.29) is 0 Å². The number of fused-ring (bicyclic) bond motifs is 6. The van der Waals surface area contributed by atoms with Crippen molar-refractivity contribution in [2.24, 2.45) is 0 Å². The number of benzene rings is 8. The van der Waals surface area contributed by atoms with Crippen molar-refractivity contribution in [3.05, 3.63) is 194 Å². The van der Waals surface area contributed by atoms with E-state index in [9.17, 15) is 0 Å². The quantitative estimate of drug-likeness (QED) is 0.178. The van der Waals surface area contributed by atoms with E-state index in [1.807, 2.05) is 0 Å². The third-order valence-corrected chi connectivity index (χ3v) is 10.1. The maximum absolute atomic E-state index is 2.49. The molecule has 0 unspecified atom stereocenters. The molecule has 0 atom stereocenters. The second kappa shape index (κ2) is 11.5. The molecule has 2 heteroatoms. The van der Waals surface area contributed by atoms with Gasteiger partial charge in [0, 0.05) is 38.4 Å². The van der Waals surface area contributed by atoms with Crippen LogP contribution in [0.25, 0.3) is 88.4 Å². The van der Waals surface area contributed by atoms with Crippen molar-refractivity contribution >= 4 is 43.6 Å². The average Bonchev–Trinajstić information content (AvgIpc) is 3.71. The van der Waals surface area contributed by atoms with Crippen LogP contribution in [-0.2, 0) is 0 Å². The molecule has 0 fully saturated rings. The van der Waals surface area contributed by atoms with E-state index in [0.717, 1.165) is 5.69 Å². The van der Waals surface area contributed by atoms with Crippen molar-refractivity contribution in [3.8, 4) is 44.8 Å². The number of rotatable bonds is 5. The predicted octanol–water partition coefficient (Wildman–Crippen LogP) is 12.9. The Kier molecular flexibility index (Phi) is 6.53. The summed E-state index contributed by atoms with van der Waals surface area (Å²) in [6, 6.07) is 70.3. The Hall–Kier alpha value is -6.64. The van der Waals surface area contributed by atoms with Gasteiger partial charge in [0.05, 0.1) is 27.8 Å². The first-order valence-electron chi connectivity index (χ1n) is 17.2. The Morgan fingerprint density at radius 3 is 1.26 bits per heavy atom. The first-order chi connectivity index (χ1) is 24.8. The number of para-hydroxylation sites is 4. The minimum absolute atomic E-state index is 1.16. The molecule has 0 aliphatic rings.